The summed E-state index contributed by atoms with van der Waals surface area (Å²) in [7, 11) is -3.93. The summed E-state index contributed by atoms with van der Waals surface area (Å²) < 4.78 is 63.2. The summed E-state index contributed by atoms with van der Waals surface area (Å²) in [6.45, 7) is 1.75. The Labute approximate surface area is 326 Å². The molecule has 4 aromatic rings. The lowest BCUT2D eigenvalue weighted by Gasteiger charge is -2.29. The first kappa shape index (κ1) is 37.9. The number of amides is 4. The average Bonchev–Trinajstić information content (AvgIpc) is 4.04. The number of pyridine rings is 1. The number of benzene rings is 2. The fraction of sp³-hybridized carbons (Fsp3) is 0.425. The Bertz CT molecular complexity index is 2400. The maximum absolute atomic E-state index is 14.6. The van der Waals surface area contributed by atoms with Gasteiger partial charge in [0.25, 0.3) is 11.8 Å². The second-order valence-corrected chi connectivity index (χ2v) is 18.4. The van der Waals surface area contributed by atoms with Crippen LogP contribution in [0.1, 0.15) is 72.3 Å². The highest BCUT2D eigenvalue weighted by Crippen LogP contribution is 2.46. The second kappa shape index (κ2) is 14.8. The third kappa shape index (κ3) is 7.60. The summed E-state index contributed by atoms with van der Waals surface area (Å²) in [5, 5.41) is 6.45. The van der Waals surface area contributed by atoms with Crippen molar-refractivity contribution in [1.82, 2.24) is 25.2 Å². The normalized spacial score (nSPS) is 26.4. The summed E-state index contributed by atoms with van der Waals surface area (Å²) >= 11 is 1.29. The molecule has 4 aliphatic rings. The second-order valence-electron chi connectivity index (χ2n) is 15.2. The molecule has 2 aliphatic heterocycles. The van der Waals surface area contributed by atoms with E-state index in [0.717, 1.165) is 17.7 Å². The number of aromatic nitrogens is 1. The van der Waals surface area contributed by atoms with Crippen LogP contribution in [0.4, 0.5) is 8.78 Å². The Hall–Kier alpha value is -4.96. The molecule has 56 heavy (non-hydrogen) atoms. The van der Waals surface area contributed by atoms with Gasteiger partial charge in [-0.05, 0) is 93.3 Å². The van der Waals surface area contributed by atoms with Crippen LogP contribution in [0.5, 0.6) is 5.88 Å². The van der Waals surface area contributed by atoms with Crippen molar-refractivity contribution in [3.8, 4) is 5.88 Å². The monoisotopic (exact) mass is 805 g/mol. The van der Waals surface area contributed by atoms with E-state index >= 15 is 0 Å². The largest absolute Gasteiger partial charge is 0.472 e. The van der Waals surface area contributed by atoms with Crippen LogP contribution in [-0.4, -0.2) is 77.5 Å². The van der Waals surface area contributed by atoms with Crippen LogP contribution in [0, 0.1) is 24.5 Å². The molecule has 4 amide bonds. The fourth-order valence-electron chi connectivity index (χ4n) is 7.80. The quantitative estimate of drug-likeness (QED) is 0.170. The minimum Gasteiger partial charge on any atom is -0.472 e. The Kier molecular flexibility index (Phi) is 10.1. The van der Waals surface area contributed by atoms with Gasteiger partial charge in [-0.1, -0.05) is 25.0 Å². The van der Waals surface area contributed by atoms with Crippen LogP contribution in [-0.2, 0) is 24.4 Å². The smallest absolute Gasteiger partial charge is 0.262 e. The molecule has 294 valence electrons. The van der Waals surface area contributed by atoms with E-state index < -0.39 is 80.2 Å². The molecule has 5 atom stereocenters. The summed E-state index contributed by atoms with van der Waals surface area (Å²) in [4.78, 5) is 63.5. The number of fused-ring (bicyclic) bond motifs is 5. The first-order valence-electron chi connectivity index (χ1n) is 18.9. The number of carbonyl (C=O) groups excluding carboxylic acids is 4. The van der Waals surface area contributed by atoms with Crippen molar-refractivity contribution in [3.63, 3.8) is 0 Å². The first-order valence-corrected chi connectivity index (χ1v) is 21.3. The van der Waals surface area contributed by atoms with Crippen molar-refractivity contribution in [2.75, 3.05) is 6.54 Å². The van der Waals surface area contributed by atoms with Gasteiger partial charge < -0.3 is 20.3 Å². The number of allylic oxidation sites excluding steroid dienone is 1. The summed E-state index contributed by atoms with van der Waals surface area (Å²) in [5.41, 5.74) is -1.34. The van der Waals surface area contributed by atoms with Crippen molar-refractivity contribution in [2.24, 2.45) is 5.92 Å². The van der Waals surface area contributed by atoms with Gasteiger partial charge in [0.15, 0.2) is 0 Å². The van der Waals surface area contributed by atoms with Crippen LogP contribution >= 0.6 is 11.3 Å². The molecule has 0 radical (unpaired) electrons. The number of aryl methyl sites for hydroxylation is 1. The van der Waals surface area contributed by atoms with Crippen molar-refractivity contribution in [2.45, 2.75) is 93.7 Å². The van der Waals surface area contributed by atoms with Gasteiger partial charge in [0, 0.05) is 34.1 Å². The standard InChI is InChI=1S/C40H41F2N5O7S2/c1-22-9-16-34(55-22)36(49)43-31-8-6-4-2-3-5-7-23-20-40(23,39(51)46-56(52,53)27-12-13-27)45-35(48)33-19-26(21-47(33)38(31)50)54-37-29-15-11-24(41)17-30(29)28-14-10-25(42)18-32(28)44-37/h5,7,9-11,14-18,23,26-27,31,33H,2-4,6,8,12-13,19-21H2,1H3,(H,43,49)(H,45,48)(H,46,51)/b7-5-/t23-,26-,31+,33+,40-/m1/s1. The predicted molar refractivity (Wildman–Crippen MR) is 205 cm³/mol. The van der Waals surface area contributed by atoms with E-state index in [9.17, 15) is 36.4 Å². The molecule has 3 fully saturated rings. The molecule has 0 unspecified atom stereocenters. The van der Waals surface area contributed by atoms with Crippen molar-refractivity contribution in [3.05, 3.63) is 82.1 Å². The first-order chi connectivity index (χ1) is 26.8. The average molecular weight is 806 g/mol. The Morgan fingerprint density at radius 1 is 0.982 bits per heavy atom. The molecule has 1 saturated heterocycles. The van der Waals surface area contributed by atoms with Crippen LogP contribution in [0.15, 0.2) is 60.7 Å². The minimum absolute atomic E-state index is 0.0464. The van der Waals surface area contributed by atoms with Gasteiger partial charge in [-0.15, -0.1) is 11.3 Å². The number of hydrogen-bond acceptors (Lipinski definition) is 9. The highest BCUT2D eigenvalue weighted by molar-refractivity contribution is 7.91. The zero-order chi connectivity index (χ0) is 39.4. The van der Waals surface area contributed by atoms with Gasteiger partial charge in [-0.25, -0.2) is 22.2 Å². The van der Waals surface area contributed by atoms with E-state index in [1.807, 2.05) is 25.1 Å². The molecular weight excluding hydrogens is 765 g/mol. The summed E-state index contributed by atoms with van der Waals surface area (Å²) in [6.07, 6.45) is 6.99. The summed E-state index contributed by atoms with van der Waals surface area (Å²) in [6, 6.07) is 9.32. The molecule has 4 heterocycles. The van der Waals surface area contributed by atoms with E-state index in [0.29, 0.717) is 53.1 Å². The number of carbonyl (C=O) groups is 4. The molecule has 8 rings (SSSR count). The number of hydrogen-bond donors (Lipinski definition) is 3. The molecule has 0 bridgehead atoms. The molecule has 2 saturated carbocycles. The third-order valence-electron chi connectivity index (χ3n) is 11.1. The molecule has 12 nitrogen and oxygen atoms in total. The number of ether oxygens (including phenoxy) is 1. The van der Waals surface area contributed by atoms with E-state index in [1.54, 1.807) is 6.07 Å². The maximum Gasteiger partial charge on any atom is 0.262 e. The van der Waals surface area contributed by atoms with Gasteiger partial charge in [-0.2, -0.15) is 0 Å². The fourth-order valence-corrected chi connectivity index (χ4v) is 9.94. The molecule has 16 heteroatoms. The highest BCUT2D eigenvalue weighted by Gasteiger charge is 2.62. The van der Waals surface area contributed by atoms with Crippen molar-refractivity contribution < 1.29 is 41.1 Å². The molecule has 3 N–H and O–H groups in total. The van der Waals surface area contributed by atoms with Crippen molar-refractivity contribution in [1.29, 1.82) is 0 Å². The third-order valence-corrected chi connectivity index (χ3v) is 13.9. The van der Waals surface area contributed by atoms with E-state index in [4.69, 9.17) is 4.74 Å². The van der Waals surface area contributed by atoms with Gasteiger partial charge in [0.2, 0.25) is 27.7 Å². The van der Waals surface area contributed by atoms with E-state index in [-0.39, 0.29) is 30.8 Å². The zero-order valence-electron chi connectivity index (χ0n) is 30.6. The number of rotatable bonds is 7. The van der Waals surface area contributed by atoms with Crippen LogP contribution < -0.4 is 20.1 Å². The number of thiophene rings is 1. The topological polar surface area (TPSA) is 164 Å². The van der Waals surface area contributed by atoms with Crippen molar-refractivity contribution >= 4 is 66.7 Å². The van der Waals surface area contributed by atoms with Gasteiger partial charge in [0.05, 0.1) is 22.2 Å². The number of nitrogens with one attached hydrogen (secondary N) is 3. The number of nitrogens with zero attached hydrogens (tertiary/aromatic N) is 2. The van der Waals surface area contributed by atoms with E-state index in [2.05, 4.69) is 20.3 Å². The Morgan fingerprint density at radius 3 is 2.50 bits per heavy atom. The molecular formula is C40H41F2N5O7S2. The number of sulfonamides is 1. The Morgan fingerprint density at radius 2 is 1.75 bits per heavy atom. The maximum atomic E-state index is 14.6. The van der Waals surface area contributed by atoms with E-state index in [1.165, 1.54) is 52.6 Å². The summed E-state index contributed by atoms with van der Waals surface area (Å²) in [5.74, 6) is -3.96. The van der Waals surface area contributed by atoms with Gasteiger partial charge >= 0.3 is 0 Å². The zero-order valence-corrected chi connectivity index (χ0v) is 32.2. The predicted octanol–water partition coefficient (Wildman–Crippen LogP) is 5.19. The lowest BCUT2D eigenvalue weighted by atomic mass is 10.0. The van der Waals surface area contributed by atoms with Gasteiger partial charge in [-0.3, -0.25) is 23.9 Å². The van der Waals surface area contributed by atoms with Crippen LogP contribution in [0.2, 0.25) is 0 Å². The Balaban J connectivity index is 1.14. The minimum atomic E-state index is -3.93. The molecule has 2 aliphatic carbocycles. The van der Waals surface area contributed by atoms with Crippen LogP contribution in [0.25, 0.3) is 21.7 Å². The van der Waals surface area contributed by atoms with Gasteiger partial charge in [0.1, 0.15) is 35.4 Å². The SMILES string of the molecule is Cc1ccc(C(=O)N[C@H]2CCCCC/C=C\[C@@H]3C[C@@]3(C(=O)NS(=O)(=O)C3CC3)NC(=O)[C@@H]3C[C@@H](Oc4nc5cc(F)ccc5c5cc(F)ccc45)CN3C2=O)s1. The number of halogens is 2. The molecule has 2 aromatic carbocycles. The lowest BCUT2D eigenvalue weighted by Crippen LogP contribution is -2.58. The molecule has 0 spiro atoms. The molecule has 2 aromatic heterocycles. The highest BCUT2D eigenvalue weighted by atomic mass is 32.2. The van der Waals surface area contributed by atoms with Crippen LogP contribution in [0.3, 0.4) is 0 Å². The lowest BCUT2D eigenvalue weighted by molar-refractivity contribution is -0.141.